The quantitative estimate of drug-likeness (QED) is 0.739. The average Bonchev–Trinajstić information content (AvgIpc) is 1.84. The summed E-state index contributed by atoms with van der Waals surface area (Å²) in [7, 11) is 0. The molecule has 2 N–H and O–H groups in total. The summed E-state index contributed by atoms with van der Waals surface area (Å²) in [6.07, 6.45) is 0. The number of rotatable bonds is 2. The van der Waals surface area contributed by atoms with E-state index >= 15 is 0 Å². The average molecular weight is 258 g/mol. The number of carboxylic acid groups (broad SMARTS) is 2. The monoisotopic (exact) mass is 256 g/mol. The van der Waals surface area contributed by atoms with Crippen LogP contribution in [-0.2, 0) is 9.59 Å². The van der Waals surface area contributed by atoms with Gasteiger partial charge >= 0.3 is 11.9 Å². The highest BCUT2D eigenvalue weighted by molar-refractivity contribution is 6.52. The maximum Gasteiger partial charge on any atom is 0.349 e. The zero-order valence-corrected chi connectivity index (χ0v) is 8.43. The van der Waals surface area contributed by atoms with E-state index in [2.05, 4.69) is 0 Å². The largest absolute Gasteiger partial charge is 0.477 e. The van der Waals surface area contributed by atoms with Crippen LogP contribution in [-0.4, -0.2) is 22.2 Å². The van der Waals surface area contributed by atoms with E-state index in [4.69, 9.17) is 33.4 Å². The maximum absolute atomic E-state index is 9.91. The topological polar surface area (TPSA) is 74.6 Å². The molecule has 0 aliphatic carbocycles. The molecule has 0 fully saturated rings. The molecule has 72 valence electrons. The van der Waals surface area contributed by atoms with E-state index in [1.54, 1.807) is 0 Å². The second-order valence-corrected chi connectivity index (χ2v) is 1.99. The number of carbonyl (C=O) groups is 2. The summed E-state index contributed by atoms with van der Waals surface area (Å²) in [4.78, 5) is 19.8. The Bertz CT molecular complexity index is 189. The lowest BCUT2D eigenvalue weighted by molar-refractivity contribution is -0.134. The minimum absolute atomic E-state index is 0. The van der Waals surface area contributed by atoms with Crippen LogP contribution in [0.3, 0.4) is 0 Å². The van der Waals surface area contributed by atoms with E-state index in [0.29, 0.717) is 0 Å². The first-order chi connectivity index (χ1) is 4.46. The Hall–Kier alpha value is -0.160. The summed E-state index contributed by atoms with van der Waals surface area (Å²) in [5.41, 5.74) is 0. The van der Waals surface area contributed by atoms with E-state index in [1.807, 2.05) is 0 Å². The lowest BCUT2D eigenvalue weighted by Crippen LogP contribution is -2.02. The van der Waals surface area contributed by atoms with Crippen LogP contribution in [0.1, 0.15) is 0 Å². The fourth-order valence-corrected chi connectivity index (χ4v) is 0.349. The Labute approximate surface area is 90.0 Å². The molecule has 4 nitrogen and oxygen atoms in total. The van der Waals surface area contributed by atoms with E-state index < -0.39 is 22.0 Å². The lowest BCUT2D eigenvalue weighted by atomic mass is 10.5. The van der Waals surface area contributed by atoms with E-state index in [1.165, 1.54) is 0 Å². The van der Waals surface area contributed by atoms with Gasteiger partial charge in [-0.2, -0.15) is 0 Å². The van der Waals surface area contributed by atoms with Crippen LogP contribution in [0.2, 0.25) is 0 Å². The molecule has 0 aromatic carbocycles. The number of aliphatic carboxylic acids is 2. The van der Waals surface area contributed by atoms with Crippen LogP contribution in [0.15, 0.2) is 10.1 Å². The van der Waals surface area contributed by atoms with Gasteiger partial charge < -0.3 is 10.2 Å². The molecule has 8 heteroatoms. The predicted molar refractivity (Wildman–Crippen MR) is 48.5 cm³/mol. The molecule has 0 spiro atoms. The Balaban J connectivity index is -0.000000405. The fraction of sp³-hybridized carbons (Fsp3) is 0. The summed E-state index contributed by atoms with van der Waals surface area (Å²) in [5.74, 6) is -3.12. The molecule has 0 bridgehead atoms. The highest BCUT2D eigenvalue weighted by Crippen LogP contribution is 2.13. The van der Waals surface area contributed by atoms with E-state index in [-0.39, 0.29) is 24.8 Å². The molecule has 0 aliphatic heterocycles. The molecule has 0 saturated carbocycles. The molecular formula is C4H4Cl4O4. The number of hydrogen-bond acceptors (Lipinski definition) is 2. The SMILES string of the molecule is Cl.Cl.O=C(O)C(Cl)=C(Cl)C(=O)O. The summed E-state index contributed by atoms with van der Waals surface area (Å²) in [6.45, 7) is 0. The Morgan fingerprint density at radius 2 is 1.00 bits per heavy atom. The first kappa shape index (κ1) is 17.8. The smallest absolute Gasteiger partial charge is 0.349 e. The summed E-state index contributed by atoms with van der Waals surface area (Å²) in [5, 5.41) is 14.3. The number of carboxylic acids is 2. The highest BCUT2D eigenvalue weighted by atomic mass is 35.5. The van der Waals surface area contributed by atoms with Crippen molar-refractivity contribution in [2.24, 2.45) is 0 Å². The van der Waals surface area contributed by atoms with Gasteiger partial charge in [0.15, 0.2) is 10.1 Å². The normalized spacial score (nSPS) is 10.2. The molecule has 0 aromatic heterocycles. The van der Waals surface area contributed by atoms with Gasteiger partial charge in [0.2, 0.25) is 0 Å². The van der Waals surface area contributed by atoms with Crippen LogP contribution < -0.4 is 0 Å². The van der Waals surface area contributed by atoms with Crippen LogP contribution in [0.5, 0.6) is 0 Å². The van der Waals surface area contributed by atoms with Gasteiger partial charge in [-0.3, -0.25) is 0 Å². The first-order valence-corrected chi connectivity index (χ1v) is 2.74. The van der Waals surface area contributed by atoms with Gasteiger partial charge in [0.05, 0.1) is 0 Å². The predicted octanol–water partition coefficient (Wildman–Crippen LogP) is 1.69. The van der Waals surface area contributed by atoms with Gasteiger partial charge in [-0.15, -0.1) is 24.8 Å². The van der Waals surface area contributed by atoms with Crippen molar-refractivity contribution in [3.8, 4) is 0 Å². The summed E-state index contributed by atoms with van der Waals surface area (Å²) >= 11 is 9.86. The van der Waals surface area contributed by atoms with Crippen LogP contribution in [0, 0.1) is 0 Å². The van der Waals surface area contributed by atoms with Gasteiger partial charge in [-0.1, -0.05) is 23.2 Å². The van der Waals surface area contributed by atoms with Gasteiger partial charge in [-0.05, 0) is 0 Å². The van der Waals surface area contributed by atoms with Crippen molar-refractivity contribution in [2.75, 3.05) is 0 Å². The minimum Gasteiger partial charge on any atom is -0.477 e. The standard InChI is InChI=1S/C4H2Cl2O4.2ClH/c5-1(3(7)8)2(6)4(9)10;;/h(H,7,8)(H,9,10);2*1H. The highest BCUT2D eigenvalue weighted by Gasteiger charge is 2.15. The van der Waals surface area contributed by atoms with Crippen molar-refractivity contribution < 1.29 is 19.8 Å². The van der Waals surface area contributed by atoms with Crippen molar-refractivity contribution in [1.29, 1.82) is 0 Å². The number of halogens is 4. The maximum atomic E-state index is 9.91. The Morgan fingerprint density at radius 1 is 0.833 bits per heavy atom. The van der Waals surface area contributed by atoms with Gasteiger partial charge in [0.1, 0.15) is 0 Å². The molecular weight excluding hydrogens is 254 g/mol. The van der Waals surface area contributed by atoms with Crippen molar-refractivity contribution in [3.63, 3.8) is 0 Å². The molecule has 0 rings (SSSR count). The van der Waals surface area contributed by atoms with E-state index in [9.17, 15) is 9.59 Å². The zero-order valence-electron chi connectivity index (χ0n) is 5.28. The van der Waals surface area contributed by atoms with Crippen LogP contribution >= 0.6 is 48.0 Å². The van der Waals surface area contributed by atoms with Crippen molar-refractivity contribution in [3.05, 3.63) is 10.1 Å². The van der Waals surface area contributed by atoms with Gasteiger partial charge in [0, 0.05) is 0 Å². The summed E-state index contributed by atoms with van der Waals surface area (Å²) in [6, 6.07) is 0. The number of hydrogen-bond donors (Lipinski definition) is 2. The third kappa shape index (κ3) is 5.49. The Morgan fingerprint density at radius 3 is 1.08 bits per heavy atom. The molecule has 0 amide bonds. The molecule has 0 unspecified atom stereocenters. The molecule has 0 heterocycles. The minimum atomic E-state index is -1.56. The van der Waals surface area contributed by atoms with Crippen molar-refractivity contribution in [2.45, 2.75) is 0 Å². The van der Waals surface area contributed by atoms with Crippen LogP contribution in [0.4, 0.5) is 0 Å². The summed E-state index contributed by atoms with van der Waals surface area (Å²) < 4.78 is 0. The van der Waals surface area contributed by atoms with Gasteiger partial charge in [-0.25, -0.2) is 9.59 Å². The molecule has 12 heavy (non-hydrogen) atoms. The molecule has 0 saturated heterocycles. The molecule has 0 radical (unpaired) electrons. The molecule has 0 aliphatic rings. The van der Waals surface area contributed by atoms with E-state index in [0.717, 1.165) is 0 Å². The van der Waals surface area contributed by atoms with Crippen LogP contribution in [0.25, 0.3) is 0 Å². The molecule has 0 atom stereocenters. The second-order valence-electron chi connectivity index (χ2n) is 1.24. The zero-order chi connectivity index (χ0) is 8.31. The Kier molecular flexibility index (Phi) is 11.1. The second kappa shape index (κ2) is 7.49. The fourth-order valence-electron chi connectivity index (χ4n) is 0.188. The van der Waals surface area contributed by atoms with Gasteiger partial charge in [0.25, 0.3) is 0 Å². The first-order valence-electron chi connectivity index (χ1n) is 1.98. The molecule has 0 aromatic rings. The lowest BCUT2D eigenvalue weighted by Gasteiger charge is -1.90. The third-order valence-corrected chi connectivity index (χ3v) is 1.37. The third-order valence-electron chi connectivity index (χ3n) is 0.568. The van der Waals surface area contributed by atoms with Crippen molar-refractivity contribution >= 4 is 60.0 Å². The van der Waals surface area contributed by atoms with Crippen molar-refractivity contribution in [1.82, 2.24) is 0 Å².